The fourth-order valence-corrected chi connectivity index (χ4v) is 1.94. The van der Waals surface area contributed by atoms with Gasteiger partial charge in [0.05, 0.1) is 13.2 Å². The third-order valence-electron chi connectivity index (χ3n) is 3.22. The zero-order chi connectivity index (χ0) is 15.0. The first-order chi connectivity index (χ1) is 9.54. The lowest BCUT2D eigenvalue weighted by Crippen LogP contribution is -2.34. The van der Waals surface area contributed by atoms with Crippen molar-refractivity contribution in [2.75, 3.05) is 33.9 Å². The molecule has 0 amide bonds. The Labute approximate surface area is 126 Å². The fraction of sp³-hybridized carbons (Fsp3) is 0.533. The lowest BCUT2D eigenvalue weighted by Gasteiger charge is -2.23. The van der Waals surface area contributed by atoms with Gasteiger partial charge in [0.2, 0.25) is 0 Å². The molecule has 1 aromatic rings. The zero-order valence-corrected chi connectivity index (χ0v) is 13.3. The second-order valence-electron chi connectivity index (χ2n) is 4.88. The number of likely N-dealkylation sites (N-methyl/N-ethyl adjacent to an activating group) is 1. The molecule has 20 heavy (non-hydrogen) atoms. The van der Waals surface area contributed by atoms with Crippen molar-refractivity contribution in [3.8, 4) is 5.75 Å². The molecule has 5 heteroatoms. The summed E-state index contributed by atoms with van der Waals surface area (Å²) in [7, 11) is 3.82. The molecule has 0 aliphatic carbocycles. The molecule has 0 saturated carbocycles. The van der Waals surface area contributed by atoms with Gasteiger partial charge in [0.25, 0.3) is 0 Å². The molecule has 0 bridgehead atoms. The topological polar surface area (TPSA) is 47.7 Å². The van der Waals surface area contributed by atoms with Crippen LogP contribution in [0, 0.1) is 0 Å². The summed E-state index contributed by atoms with van der Waals surface area (Å²) in [5.41, 5.74) is 6.41. The quantitative estimate of drug-likeness (QED) is 0.558. The number of thiocarbonyl (C=S) groups is 1. The van der Waals surface area contributed by atoms with E-state index < -0.39 is 0 Å². The molecule has 1 unspecified atom stereocenters. The van der Waals surface area contributed by atoms with E-state index in [4.69, 9.17) is 27.4 Å². The van der Waals surface area contributed by atoms with Crippen molar-refractivity contribution in [3.63, 3.8) is 0 Å². The summed E-state index contributed by atoms with van der Waals surface area (Å²) >= 11 is 4.91. The van der Waals surface area contributed by atoms with Gasteiger partial charge in [0.1, 0.15) is 10.7 Å². The largest absolute Gasteiger partial charge is 0.494 e. The minimum absolute atomic E-state index is 0.408. The molecule has 0 saturated heterocycles. The summed E-state index contributed by atoms with van der Waals surface area (Å²) < 4.78 is 10.8. The van der Waals surface area contributed by atoms with Crippen molar-refractivity contribution in [1.29, 1.82) is 0 Å². The van der Waals surface area contributed by atoms with Crippen LogP contribution in [-0.2, 0) is 4.74 Å². The maximum absolute atomic E-state index is 5.69. The van der Waals surface area contributed by atoms with E-state index in [0.29, 0.717) is 17.6 Å². The van der Waals surface area contributed by atoms with Crippen molar-refractivity contribution >= 4 is 17.2 Å². The van der Waals surface area contributed by atoms with Gasteiger partial charge >= 0.3 is 0 Å². The second-order valence-corrected chi connectivity index (χ2v) is 5.32. The molecule has 0 aliphatic rings. The summed E-state index contributed by atoms with van der Waals surface area (Å²) in [6.45, 7) is 4.57. The van der Waals surface area contributed by atoms with E-state index in [9.17, 15) is 0 Å². The molecule has 0 fully saturated rings. The van der Waals surface area contributed by atoms with Crippen LogP contribution in [0.2, 0.25) is 0 Å². The van der Waals surface area contributed by atoms with Crippen LogP contribution in [0.15, 0.2) is 24.3 Å². The molecule has 1 rings (SSSR count). The summed E-state index contributed by atoms with van der Waals surface area (Å²) in [5, 5.41) is 0. The number of hydrogen-bond donors (Lipinski definition) is 1. The Balaban J connectivity index is 2.25. The van der Waals surface area contributed by atoms with Gasteiger partial charge in [-0.15, -0.1) is 0 Å². The van der Waals surface area contributed by atoms with Gasteiger partial charge in [-0.25, -0.2) is 0 Å². The van der Waals surface area contributed by atoms with Gasteiger partial charge < -0.3 is 20.1 Å². The molecule has 4 nitrogen and oxygen atoms in total. The SMILES string of the molecule is COCC(C)N(C)CCCOc1ccc(C(N)=S)cc1. The molecule has 0 spiro atoms. The monoisotopic (exact) mass is 296 g/mol. The summed E-state index contributed by atoms with van der Waals surface area (Å²) in [6, 6.07) is 7.97. The molecule has 112 valence electrons. The zero-order valence-electron chi connectivity index (χ0n) is 12.5. The van der Waals surface area contributed by atoms with Crippen molar-refractivity contribution in [1.82, 2.24) is 4.90 Å². The van der Waals surface area contributed by atoms with Crippen LogP contribution in [0.5, 0.6) is 5.75 Å². The van der Waals surface area contributed by atoms with E-state index in [-0.39, 0.29) is 0 Å². The molecule has 0 radical (unpaired) electrons. The van der Waals surface area contributed by atoms with Crippen molar-refractivity contribution < 1.29 is 9.47 Å². The maximum atomic E-state index is 5.69. The van der Waals surface area contributed by atoms with Crippen LogP contribution in [0.25, 0.3) is 0 Å². The molecule has 1 aromatic carbocycles. The Hall–Kier alpha value is -1.17. The molecular weight excluding hydrogens is 272 g/mol. The van der Waals surface area contributed by atoms with Crippen LogP contribution >= 0.6 is 12.2 Å². The first kappa shape index (κ1) is 16.9. The highest BCUT2D eigenvalue weighted by Crippen LogP contribution is 2.12. The summed E-state index contributed by atoms with van der Waals surface area (Å²) in [6.07, 6.45) is 0.974. The Bertz CT molecular complexity index is 409. The molecule has 0 aromatic heterocycles. The highest BCUT2D eigenvalue weighted by molar-refractivity contribution is 7.80. The van der Waals surface area contributed by atoms with Gasteiger partial charge in [-0.05, 0) is 44.7 Å². The minimum Gasteiger partial charge on any atom is -0.494 e. The standard InChI is InChI=1S/C15H24N2O2S/c1-12(11-18-3)17(2)9-4-10-19-14-7-5-13(6-8-14)15(16)20/h5-8,12H,4,9-11H2,1-3H3,(H2,16,20). The molecular formula is C15H24N2O2S. The number of benzene rings is 1. The minimum atomic E-state index is 0.408. The van der Waals surface area contributed by atoms with Crippen LogP contribution in [-0.4, -0.2) is 49.8 Å². The Morgan fingerprint density at radius 3 is 2.55 bits per heavy atom. The normalized spacial score (nSPS) is 12.4. The third-order valence-corrected chi connectivity index (χ3v) is 3.46. The number of ether oxygens (including phenoxy) is 2. The van der Waals surface area contributed by atoms with Gasteiger partial charge in [-0.1, -0.05) is 12.2 Å². The van der Waals surface area contributed by atoms with Crippen LogP contribution in [0.3, 0.4) is 0 Å². The average Bonchev–Trinajstić information content (AvgIpc) is 2.44. The van der Waals surface area contributed by atoms with Crippen LogP contribution in [0.1, 0.15) is 18.9 Å². The lowest BCUT2D eigenvalue weighted by molar-refractivity contribution is 0.112. The summed E-state index contributed by atoms with van der Waals surface area (Å²) in [4.78, 5) is 2.67. The first-order valence-corrected chi connectivity index (χ1v) is 7.17. The van der Waals surface area contributed by atoms with Crippen molar-refractivity contribution in [2.45, 2.75) is 19.4 Å². The first-order valence-electron chi connectivity index (χ1n) is 6.76. The highest BCUT2D eigenvalue weighted by atomic mass is 32.1. The van der Waals surface area contributed by atoms with Crippen LogP contribution < -0.4 is 10.5 Å². The third kappa shape index (κ3) is 5.86. The van der Waals surface area contributed by atoms with E-state index in [1.807, 2.05) is 24.3 Å². The van der Waals surface area contributed by atoms with Gasteiger partial charge in [-0.3, -0.25) is 0 Å². The van der Waals surface area contributed by atoms with Crippen LogP contribution in [0.4, 0.5) is 0 Å². The molecule has 0 aliphatic heterocycles. The Kier molecular flexibility index (Phi) is 7.51. The predicted octanol–water partition coefficient (Wildman–Crippen LogP) is 2.06. The Morgan fingerprint density at radius 2 is 2.00 bits per heavy atom. The van der Waals surface area contributed by atoms with Gasteiger partial charge in [0, 0.05) is 25.3 Å². The van der Waals surface area contributed by atoms with Gasteiger partial charge in [0.15, 0.2) is 0 Å². The molecule has 1 atom stereocenters. The van der Waals surface area contributed by atoms with Crippen molar-refractivity contribution in [2.24, 2.45) is 5.73 Å². The average molecular weight is 296 g/mol. The van der Waals surface area contributed by atoms with E-state index in [1.54, 1.807) is 7.11 Å². The van der Waals surface area contributed by atoms with E-state index >= 15 is 0 Å². The smallest absolute Gasteiger partial charge is 0.119 e. The fourth-order valence-electron chi connectivity index (χ4n) is 1.81. The number of rotatable bonds is 9. The maximum Gasteiger partial charge on any atom is 0.119 e. The summed E-state index contributed by atoms with van der Waals surface area (Å²) in [5.74, 6) is 0.845. The second kappa shape index (κ2) is 8.89. The highest BCUT2D eigenvalue weighted by Gasteiger charge is 2.07. The predicted molar refractivity (Wildman–Crippen MR) is 86.4 cm³/mol. The molecule has 2 N–H and O–H groups in total. The lowest BCUT2D eigenvalue weighted by atomic mass is 10.2. The van der Waals surface area contributed by atoms with E-state index in [2.05, 4.69) is 18.9 Å². The van der Waals surface area contributed by atoms with E-state index in [1.165, 1.54) is 0 Å². The Morgan fingerprint density at radius 1 is 1.35 bits per heavy atom. The van der Waals surface area contributed by atoms with E-state index in [0.717, 1.165) is 30.9 Å². The van der Waals surface area contributed by atoms with Gasteiger partial charge in [-0.2, -0.15) is 0 Å². The molecule has 0 heterocycles. The number of nitrogens with two attached hydrogens (primary N) is 1. The van der Waals surface area contributed by atoms with Crippen molar-refractivity contribution in [3.05, 3.63) is 29.8 Å². The number of hydrogen-bond acceptors (Lipinski definition) is 4. The number of nitrogens with zero attached hydrogens (tertiary/aromatic N) is 1. The number of methoxy groups -OCH3 is 1.